The average Bonchev–Trinajstić information content (AvgIpc) is 2.32. The number of carbonyl (C=O) groups excluding carboxylic acids is 2. The molecule has 1 rings (SSSR count). The molecule has 6 nitrogen and oxygen atoms in total. The first-order valence-electron chi connectivity index (χ1n) is 5.57. The van der Waals surface area contributed by atoms with E-state index < -0.39 is 35.5 Å². The second-order valence-corrected chi connectivity index (χ2v) is 4.02. The molecule has 0 saturated carbocycles. The van der Waals surface area contributed by atoms with E-state index in [-0.39, 0.29) is 18.4 Å². The molecule has 0 aliphatic rings. The molecule has 4 N–H and O–H groups in total. The standard InChI is InChI=1S/C12H12F2N2O4/c13-7-3-6(4-8(14)5-7)12(20)16-9(11(15)19)1-2-10(17)18/h3-5,9H,1-2H2,(H2,15,19)(H,16,20)(H,17,18)/t9-/m1/s1. The van der Waals surface area contributed by atoms with Crippen LogP contribution < -0.4 is 11.1 Å². The van der Waals surface area contributed by atoms with Crippen LogP contribution in [0.1, 0.15) is 23.2 Å². The van der Waals surface area contributed by atoms with Gasteiger partial charge in [-0.15, -0.1) is 0 Å². The van der Waals surface area contributed by atoms with Crippen LogP contribution in [0.15, 0.2) is 18.2 Å². The van der Waals surface area contributed by atoms with E-state index >= 15 is 0 Å². The van der Waals surface area contributed by atoms with Gasteiger partial charge in [0.25, 0.3) is 5.91 Å². The van der Waals surface area contributed by atoms with Gasteiger partial charge >= 0.3 is 5.97 Å². The number of carbonyl (C=O) groups is 3. The summed E-state index contributed by atoms with van der Waals surface area (Å²) in [4.78, 5) is 33.2. The number of aliphatic carboxylic acids is 1. The molecule has 0 heterocycles. The molecule has 20 heavy (non-hydrogen) atoms. The molecular formula is C12H12F2N2O4. The summed E-state index contributed by atoms with van der Waals surface area (Å²) < 4.78 is 25.9. The molecule has 0 bridgehead atoms. The fourth-order valence-corrected chi connectivity index (χ4v) is 1.48. The van der Waals surface area contributed by atoms with Crippen LogP contribution in [0.25, 0.3) is 0 Å². The fourth-order valence-electron chi connectivity index (χ4n) is 1.48. The summed E-state index contributed by atoms with van der Waals surface area (Å²) >= 11 is 0. The third kappa shape index (κ3) is 4.63. The number of primary amides is 1. The molecule has 1 atom stereocenters. The molecule has 108 valence electrons. The third-order valence-corrected chi connectivity index (χ3v) is 2.42. The van der Waals surface area contributed by atoms with Crippen molar-refractivity contribution in [1.29, 1.82) is 0 Å². The van der Waals surface area contributed by atoms with Gasteiger partial charge in [-0.2, -0.15) is 0 Å². The van der Waals surface area contributed by atoms with Gasteiger partial charge in [0, 0.05) is 18.1 Å². The Kier molecular flexibility index (Phi) is 5.13. The highest BCUT2D eigenvalue weighted by Gasteiger charge is 2.20. The molecule has 0 saturated heterocycles. The second kappa shape index (κ2) is 6.60. The molecule has 0 aliphatic carbocycles. The zero-order valence-electron chi connectivity index (χ0n) is 10.2. The van der Waals surface area contributed by atoms with E-state index in [4.69, 9.17) is 10.8 Å². The Morgan fingerprint density at radius 1 is 1.20 bits per heavy atom. The van der Waals surface area contributed by atoms with E-state index in [1.807, 2.05) is 0 Å². The Labute approximate surface area is 112 Å². The maximum Gasteiger partial charge on any atom is 0.303 e. The maximum absolute atomic E-state index is 12.9. The van der Waals surface area contributed by atoms with Crippen LogP contribution >= 0.6 is 0 Å². The number of amides is 2. The van der Waals surface area contributed by atoms with Crippen molar-refractivity contribution in [3.05, 3.63) is 35.4 Å². The first kappa shape index (κ1) is 15.5. The summed E-state index contributed by atoms with van der Waals surface area (Å²) in [5, 5.41) is 10.6. The lowest BCUT2D eigenvalue weighted by Crippen LogP contribution is -2.44. The van der Waals surface area contributed by atoms with E-state index in [1.54, 1.807) is 0 Å². The smallest absolute Gasteiger partial charge is 0.303 e. The fraction of sp³-hybridized carbons (Fsp3) is 0.250. The van der Waals surface area contributed by atoms with Crippen molar-refractivity contribution in [2.45, 2.75) is 18.9 Å². The van der Waals surface area contributed by atoms with E-state index in [2.05, 4.69) is 5.32 Å². The summed E-state index contributed by atoms with van der Waals surface area (Å²) in [5.74, 6) is -4.91. The Hall–Kier alpha value is -2.51. The number of hydrogen-bond acceptors (Lipinski definition) is 3. The first-order chi connectivity index (χ1) is 9.29. The van der Waals surface area contributed by atoms with E-state index in [0.29, 0.717) is 6.07 Å². The monoisotopic (exact) mass is 286 g/mol. The summed E-state index contributed by atoms with van der Waals surface area (Å²) in [6, 6.07) is 0.929. The van der Waals surface area contributed by atoms with Crippen molar-refractivity contribution in [2.24, 2.45) is 5.73 Å². The average molecular weight is 286 g/mol. The predicted octanol–water partition coefficient (Wildman–Crippen LogP) is 0.413. The minimum atomic E-state index is -1.23. The minimum absolute atomic E-state index is 0.214. The lowest BCUT2D eigenvalue weighted by Gasteiger charge is -2.14. The first-order valence-corrected chi connectivity index (χ1v) is 5.57. The van der Waals surface area contributed by atoms with Crippen molar-refractivity contribution in [1.82, 2.24) is 5.32 Å². The highest BCUT2D eigenvalue weighted by molar-refractivity contribution is 5.97. The van der Waals surface area contributed by atoms with Gasteiger partial charge in [0.2, 0.25) is 5.91 Å². The molecule has 2 amide bonds. The van der Waals surface area contributed by atoms with Crippen LogP contribution in [-0.2, 0) is 9.59 Å². The van der Waals surface area contributed by atoms with Gasteiger partial charge in [-0.1, -0.05) is 0 Å². The Morgan fingerprint density at radius 3 is 2.20 bits per heavy atom. The number of benzene rings is 1. The van der Waals surface area contributed by atoms with Crippen molar-refractivity contribution in [3.63, 3.8) is 0 Å². The molecule has 0 aromatic heterocycles. The SMILES string of the molecule is NC(=O)[C@@H](CCC(=O)O)NC(=O)c1cc(F)cc(F)c1. The highest BCUT2D eigenvalue weighted by atomic mass is 19.1. The zero-order chi connectivity index (χ0) is 15.3. The topological polar surface area (TPSA) is 109 Å². The molecule has 8 heteroatoms. The predicted molar refractivity (Wildman–Crippen MR) is 63.7 cm³/mol. The van der Waals surface area contributed by atoms with Crippen molar-refractivity contribution in [3.8, 4) is 0 Å². The number of carboxylic acids is 1. The van der Waals surface area contributed by atoms with Crippen molar-refractivity contribution >= 4 is 17.8 Å². The number of hydrogen-bond donors (Lipinski definition) is 3. The van der Waals surface area contributed by atoms with Crippen molar-refractivity contribution < 1.29 is 28.3 Å². The van der Waals surface area contributed by atoms with Crippen LogP contribution in [0.2, 0.25) is 0 Å². The summed E-state index contributed by atoms with van der Waals surface area (Å²) in [6.07, 6.45) is -0.598. The minimum Gasteiger partial charge on any atom is -0.481 e. The van der Waals surface area contributed by atoms with Gasteiger partial charge in [-0.3, -0.25) is 14.4 Å². The van der Waals surface area contributed by atoms with E-state index in [1.165, 1.54) is 0 Å². The van der Waals surface area contributed by atoms with Crippen LogP contribution in [0.3, 0.4) is 0 Å². The maximum atomic E-state index is 12.9. The molecule has 1 aromatic carbocycles. The number of rotatable bonds is 6. The highest BCUT2D eigenvalue weighted by Crippen LogP contribution is 2.08. The molecule has 0 fully saturated rings. The van der Waals surface area contributed by atoms with Crippen molar-refractivity contribution in [2.75, 3.05) is 0 Å². The Balaban J connectivity index is 2.79. The van der Waals surface area contributed by atoms with E-state index in [0.717, 1.165) is 12.1 Å². The largest absolute Gasteiger partial charge is 0.481 e. The molecule has 0 radical (unpaired) electrons. The Bertz CT molecular complexity index is 528. The molecule has 0 aliphatic heterocycles. The number of nitrogens with one attached hydrogen (secondary N) is 1. The molecule has 0 unspecified atom stereocenters. The van der Waals surface area contributed by atoms with Crippen LogP contribution in [0, 0.1) is 11.6 Å². The van der Waals surface area contributed by atoms with Gasteiger partial charge in [0.15, 0.2) is 0 Å². The normalized spacial score (nSPS) is 11.7. The summed E-state index contributed by atoms with van der Waals surface area (Å²) in [7, 11) is 0. The molecule has 1 aromatic rings. The zero-order valence-corrected chi connectivity index (χ0v) is 10.2. The van der Waals surface area contributed by atoms with Gasteiger partial charge in [0.05, 0.1) is 0 Å². The summed E-state index contributed by atoms with van der Waals surface area (Å²) in [5.41, 5.74) is 4.68. The third-order valence-electron chi connectivity index (χ3n) is 2.42. The van der Waals surface area contributed by atoms with Gasteiger partial charge < -0.3 is 16.2 Å². The lowest BCUT2D eigenvalue weighted by atomic mass is 10.1. The van der Waals surface area contributed by atoms with Gasteiger partial charge in [0.1, 0.15) is 17.7 Å². The number of carboxylic acid groups (broad SMARTS) is 1. The van der Waals surface area contributed by atoms with Crippen LogP contribution in [0.5, 0.6) is 0 Å². The second-order valence-electron chi connectivity index (χ2n) is 4.02. The summed E-state index contributed by atoms with van der Waals surface area (Å²) in [6.45, 7) is 0. The van der Waals surface area contributed by atoms with Crippen LogP contribution in [0.4, 0.5) is 8.78 Å². The Morgan fingerprint density at radius 2 is 1.75 bits per heavy atom. The van der Waals surface area contributed by atoms with Gasteiger partial charge in [-0.05, 0) is 18.6 Å². The molecule has 0 spiro atoms. The quantitative estimate of drug-likeness (QED) is 0.703. The van der Waals surface area contributed by atoms with Gasteiger partial charge in [-0.25, -0.2) is 8.78 Å². The van der Waals surface area contributed by atoms with E-state index in [9.17, 15) is 23.2 Å². The lowest BCUT2D eigenvalue weighted by molar-refractivity contribution is -0.137. The molecular weight excluding hydrogens is 274 g/mol. The number of halogens is 2. The number of nitrogens with two attached hydrogens (primary N) is 1. The van der Waals surface area contributed by atoms with Crippen LogP contribution in [-0.4, -0.2) is 28.9 Å².